The van der Waals surface area contributed by atoms with E-state index in [1.807, 2.05) is 20.9 Å². The molecule has 0 bridgehead atoms. The van der Waals surface area contributed by atoms with Crippen LogP contribution in [0.5, 0.6) is 0 Å². The quantitative estimate of drug-likeness (QED) is 0.669. The first-order valence-corrected chi connectivity index (χ1v) is 6.13. The largest absolute Gasteiger partial charge is 0.393 e. The molecule has 1 rings (SSSR count). The van der Waals surface area contributed by atoms with Gasteiger partial charge in [0.2, 0.25) is 0 Å². The third kappa shape index (κ3) is 5.25. The number of aliphatic hydroxyl groups excluding tert-OH is 2. The number of hydrogen-bond acceptors (Lipinski definition) is 4. The molecule has 0 heterocycles. The summed E-state index contributed by atoms with van der Waals surface area (Å²) in [5, 5.41) is 18.9. The van der Waals surface area contributed by atoms with E-state index >= 15 is 0 Å². The van der Waals surface area contributed by atoms with Gasteiger partial charge < -0.3 is 19.8 Å². The number of nitrogens with zero attached hydrogens (tertiary/aromatic N) is 1. The smallest absolute Gasteiger partial charge is 0.0900 e. The van der Waals surface area contributed by atoms with Crippen LogP contribution in [0.2, 0.25) is 0 Å². The van der Waals surface area contributed by atoms with Gasteiger partial charge in [0, 0.05) is 13.1 Å². The number of ether oxygens (including phenoxy) is 1. The van der Waals surface area contributed by atoms with Gasteiger partial charge in [-0.15, -0.1) is 0 Å². The summed E-state index contributed by atoms with van der Waals surface area (Å²) in [6.45, 7) is 5.92. The summed E-state index contributed by atoms with van der Waals surface area (Å²) in [4.78, 5) is 2.12. The fourth-order valence-electron chi connectivity index (χ4n) is 2.08. The first-order chi connectivity index (χ1) is 7.47. The third-order valence-electron chi connectivity index (χ3n) is 2.93. The van der Waals surface area contributed by atoms with Crippen molar-refractivity contribution in [3.05, 3.63) is 0 Å². The Bertz CT molecular complexity index is 193. The molecule has 4 heteroatoms. The van der Waals surface area contributed by atoms with Crippen LogP contribution in [0.4, 0.5) is 0 Å². The summed E-state index contributed by atoms with van der Waals surface area (Å²) >= 11 is 0. The summed E-state index contributed by atoms with van der Waals surface area (Å²) in [6, 6.07) is 0. The summed E-state index contributed by atoms with van der Waals surface area (Å²) in [5.41, 5.74) is 0. The van der Waals surface area contributed by atoms with Crippen LogP contribution in [0.15, 0.2) is 0 Å². The minimum atomic E-state index is -0.419. The Kier molecular flexibility index (Phi) is 5.69. The van der Waals surface area contributed by atoms with E-state index in [4.69, 9.17) is 4.74 Å². The predicted octanol–water partition coefficient (Wildman–Crippen LogP) is 0.475. The lowest BCUT2D eigenvalue weighted by atomic mass is 9.82. The van der Waals surface area contributed by atoms with E-state index in [0.29, 0.717) is 19.1 Å². The standard InChI is InChI=1S/C12H25NO3/c1-9(2)16-8-12(15)7-13(3)6-10-4-11(14)5-10/h9-12,14-15H,4-8H2,1-3H3. The summed E-state index contributed by atoms with van der Waals surface area (Å²) in [7, 11) is 2.00. The van der Waals surface area contributed by atoms with Gasteiger partial charge in [-0.2, -0.15) is 0 Å². The Hall–Kier alpha value is -0.160. The molecule has 0 aromatic rings. The highest BCUT2D eigenvalue weighted by molar-refractivity contribution is 4.80. The Morgan fingerprint density at radius 2 is 2.00 bits per heavy atom. The molecular weight excluding hydrogens is 206 g/mol. The van der Waals surface area contributed by atoms with Crippen LogP contribution in [0, 0.1) is 5.92 Å². The Labute approximate surface area is 98.2 Å². The van der Waals surface area contributed by atoms with Crippen molar-refractivity contribution in [2.24, 2.45) is 5.92 Å². The zero-order valence-electron chi connectivity index (χ0n) is 10.6. The van der Waals surface area contributed by atoms with Gasteiger partial charge in [-0.05, 0) is 39.7 Å². The zero-order valence-corrected chi connectivity index (χ0v) is 10.6. The summed E-state index contributed by atoms with van der Waals surface area (Å²) in [6.07, 6.45) is 1.47. The van der Waals surface area contributed by atoms with E-state index in [0.717, 1.165) is 19.4 Å². The van der Waals surface area contributed by atoms with E-state index < -0.39 is 6.10 Å². The molecule has 1 aliphatic rings. The van der Waals surface area contributed by atoms with Crippen molar-refractivity contribution >= 4 is 0 Å². The predicted molar refractivity (Wildman–Crippen MR) is 63.3 cm³/mol. The highest BCUT2D eigenvalue weighted by Crippen LogP contribution is 2.27. The van der Waals surface area contributed by atoms with Crippen LogP contribution < -0.4 is 0 Å². The van der Waals surface area contributed by atoms with Gasteiger partial charge in [0.15, 0.2) is 0 Å². The van der Waals surface area contributed by atoms with Gasteiger partial charge >= 0.3 is 0 Å². The molecule has 0 aromatic carbocycles. The van der Waals surface area contributed by atoms with Crippen LogP contribution in [-0.4, -0.2) is 60.2 Å². The SMILES string of the molecule is CC(C)OCC(O)CN(C)CC1CC(O)C1. The second-order valence-electron chi connectivity index (χ2n) is 5.25. The average molecular weight is 231 g/mol. The second-order valence-corrected chi connectivity index (χ2v) is 5.25. The van der Waals surface area contributed by atoms with Crippen molar-refractivity contribution in [1.29, 1.82) is 0 Å². The minimum Gasteiger partial charge on any atom is -0.393 e. The van der Waals surface area contributed by atoms with Crippen LogP contribution >= 0.6 is 0 Å². The topological polar surface area (TPSA) is 52.9 Å². The molecule has 1 atom stereocenters. The van der Waals surface area contributed by atoms with Gasteiger partial charge in [0.05, 0.1) is 24.9 Å². The van der Waals surface area contributed by atoms with Crippen LogP contribution in [0.3, 0.4) is 0 Å². The van der Waals surface area contributed by atoms with E-state index in [1.165, 1.54) is 0 Å². The molecule has 1 fully saturated rings. The maximum absolute atomic E-state index is 9.71. The monoisotopic (exact) mass is 231 g/mol. The molecular formula is C12H25NO3. The Morgan fingerprint density at radius 1 is 1.38 bits per heavy atom. The Balaban J connectivity index is 2.06. The lowest BCUT2D eigenvalue weighted by Gasteiger charge is -2.35. The van der Waals surface area contributed by atoms with Gasteiger partial charge in [0.25, 0.3) is 0 Å². The molecule has 0 amide bonds. The maximum atomic E-state index is 9.71. The van der Waals surface area contributed by atoms with Crippen molar-refractivity contribution in [3.63, 3.8) is 0 Å². The summed E-state index contributed by atoms with van der Waals surface area (Å²) < 4.78 is 5.35. The molecule has 0 saturated heterocycles. The first-order valence-electron chi connectivity index (χ1n) is 6.13. The number of aliphatic hydroxyl groups is 2. The second kappa shape index (κ2) is 6.55. The van der Waals surface area contributed by atoms with Crippen LogP contribution in [0.1, 0.15) is 26.7 Å². The lowest BCUT2D eigenvalue weighted by molar-refractivity contribution is -0.0154. The van der Waals surface area contributed by atoms with Crippen molar-refractivity contribution in [1.82, 2.24) is 4.90 Å². The average Bonchev–Trinajstić information content (AvgIpc) is 2.12. The third-order valence-corrected chi connectivity index (χ3v) is 2.93. The molecule has 96 valence electrons. The van der Waals surface area contributed by atoms with Crippen LogP contribution in [-0.2, 0) is 4.74 Å². The van der Waals surface area contributed by atoms with Crippen LogP contribution in [0.25, 0.3) is 0 Å². The Morgan fingerprint density at radius 3 is 2.50 bits per heavy atom. The zero-order chi connectivity index (χ0) is 12.1. The van der Waals surface area contributed by atoms with Gasteiger partial charge in [-0.1, -0.05) is 0 Å². The van der Waals surface area contributed by atoms with Crippen molar-refractivity contribution in [2.45, 2.75) is 45.0 Å². The highest BCUT2D eigenvalue weighted by atomic mass is 16.5. The molecule has 1 saturated carbocycles. The van der Waals surface area contributed by atoms with Gasteiger partial charge in [-0.3, -0.25) is 0 Å². The van der Waals surface area contributed by atoms with Crippen molar-refractivity contribution in [2.75, 3.05) is 26.7 Å². The van der Waals surface area contributed by atoms with E-state index in [2.05, 4.69) is 4.90 Å². The van der Waals surface area contributed by atoms with E-state index in [9.17, 15) is 10.2 Å². The van der Waals surface area contributed by atoms with E-state index in [-0.39, 0.29) is 12.2 Å². The molecule has 0 aliphatic heterocycles. The molecule has 1 aliphatic carbocycles. The van der Waals surface area contributed by atoms with Gasteiger partial charge in [-0.25, -0.2) is 0 Å². The number of rotatable bonds is 7. The molecule has 1 unspecified atom stereocenters. The molecule has 0 aromatic heterocycles. The number of hydrogen-bond donors (Lipinski definition) is 2. The summed E-state index contributed by atoms with van der Waals surface area (Å²) in [5.74, 6) is 0.596. The highest BCUT2D eigenvalue weighted by Gasteiger charge is 2.28. The minimum absolute atomic E-state index is 0.0902. The lowest BCUT2D eigenvalue weighted by Crippen LogP contribution is -2.40. The molecule has 2 N–H and O–H groups in total. The normalized spacial score (nSPS) is 27.2. The molecule has 4 nitrogen and oxygen atoms in total. The fourth-order valence-corrected chi connectivity index (χ4v) is 2.08. The molecule has 0 radical (unpaired) electrons. The molecule has 0 spiro atoms. The fraction of sp³-hybridized carbons (Fsp3) is 1.00. The molecule has 16 heavy (non-hydrogen) atoms. The van der Waals surface area contributed by atoms with Gasteiger partial charge in [0.1, 0.15) is 0 Å². The maximum Gasteiger partial charge on any atom is 0.0900 e. The first kappa shape index (κ1) is 13.9. The van der Waals surface area contributed by atoms with E-state index in [1.54, 1.807) is 0 Å². The van der Waals surface area contributed by atoms with Crippen molar-refractivity contribution in [3.8, 4) is 0 Å². The number of likely N-dealkylation sites (N-methyl/N-ethyl adjacent to an activating group) is 1. The van der Waals surface area contributed by atoms with Crippen molar-refractivity contribution < 1.29 is 14.9 Å².